The first-order chi connectivity index (χ1) is 12.5. The maximum absolute atomic E-state index is 10.4. The van der Waals surface area contributed by atoms with E-state index in [-0.39, 0.29) is 11.1 Å². The van der Waals surface area contributed by atoms with E-state index in [0.717, 1.165) is 22.6 Å². The molecule has 4 aromatic rings. The van der Waals surface area contributed by atoms with E-state index in [1.165, 1.54) is 4.52 Å². The van der Waals surface area contributed by atoms with Crippen molar-refractivity contribution in [2.45, 2.75) is 25.5 Å². The van der Waals surface area contributed by atoms with Crippen LogP contribution in [0.25, 0.3) is 5.78 Å². The smallest absolute Gasteiger partial charge is 0.255 e. The lowest BCUT2D eigenvalue weighted by Gasteiger charge is -2.09. The Hall–Kier alpha value is -2.80. The third kappa shape index (κ3) is 3.06. The van der Waals surface area contributed by atoms with Crippen LogP contribution in [0.2, 0.25) is 0 Å². The van der Waals surface area contributed by atoms with Gasteiger partial charge in [-0.25, -0.2) is 4.98 Å². The monoisotopic (exact) mass is 366 g/mol. The minimum atomic E-state index is -0.322. The van der Waals surface area contributed by atoms with Crippen LogP contribution in [-0.4, -0.2) is 24.7 Å². The molecule has 0 radical (unpaired) electrons. The fraction of sp³-hybridized carbons (Fsp3) is 0.211. The standard InChI is InChI=1S/C19H18N4O2S/c1-11-8-14(12(2)25-11)18(26)15-10-17(24)23-19(20-15)21-16(22-23)9-13-6-4-3-5-7-13/h3-8,10,18,24,26H,9H2,1-2H3. The molecule has 3 aromatic heterocycles. The lowest BCUT2D eigenvalue weighted by atomic mass is 10.1. The van der Waals surface area contributed by atoms with Crippen molar-refractivity contribution >= 4 is 18.4 Å². The maximum Gasteiger partial charge on any atom is 0.255 e. The quantitative estimate of drug-likeness (QED) is 0.539. The highest BCUT2D eigenvalue weighted by Gasteiger charge is 2.20. The Bertz CT molecular complexity index is 1070. The van der Waals surface area contributed by atoms with Gasteiger partial charge < -0.3 is 9.52 Å². The summed E-state index contributed by atoms with van der Waals surface area (Å²) in [6, 6.07) is 13.4. The van der Waals surface area contributed by atoms with Gasteiger partial charge in [-0.3, -0.25) is 0 Å². The van der Waals surface area contributed by atoms with Crippen molar-refractivity contribution in [1.29, 1.82) is 0 Å². The molecule has 26 heavy (non-hydrogen) atoms. The number of furan rings is 1. The zero-order chi connectivity index (χ0) is 18.3. The van der Waals surface area contributed by atoms with Gasteiger partial charge in [0.15, 0.2) is 5.82 Å². The minimum Gasteiger partial charge on any atom is -0.493 e. The summed E-state index contributed by atoms with van der Waals surface area (Å²) in [4.78, 5) is 8.99. The predicted octanol–water partition coefficient (Wildman–Crippen LogP) is 3.65. The summed E-state index contributed by atoms with van der Waals surface area (Å²) in [5, 5.41) is 14.4. The van der Waals surface area contributed by atoms with Gasteiger partial charge in [0, 0.05) is 18.1 Å². The molecular weight excluding hydrogens is 348 g/mol. The number of thiol groups is 1. The molecule has 0 amide bonds. The van der Waals surface area contributed by atoms with E-state index < -0.39 is 0 Å². The lowest BCUT2D eigenvalue weighted by Crippen LogP contribution is -2.01. The molecule has 132 valence electrons. The normalized spacial score (nSPS) is 12.6. The number of aryl methyl sites for hydroxylation is 2. The summed E-state index contributed by atoms with van der Waals surface area (Å²) in [5.41, 5.74) is 2.62. The molecule has 0 saturated heterocycles. The van der Waals surface area contributed by atoms with Crippen molar-refractivity contribution in [2.75, 3.05) is 0 Å². The Morgan fingerprint density at radius 1 is 1.15 bits per heavy atom. The van der Waals surface area contributed by atoms with E-state index in [4.69, 9.17) is 4.42 Å². The Labute approximate surface area is 155 Å². The number of aromatic nitrogens is 4. The second-order valence-corrected chi connectivity index (χ2v) is 6.73. The van der Waals surface area contributed by atoms with Crippen molar-refractivity contribution in [3.05, 3.63) is 76.6 Å². The van der Waals surface area contributed by atoms with Crippen LogP contribution < -0.4 is 0 Å². The van der Waals surface area contributed by atoms with Gasteiger partial charge in [0.2, 0.25) is 5.88 Å². The molecule has 1 N–H and O–H groups in total. The van der Waals surface area contributed by atoms with E-state index in [2.05, 4.69) is 27.7 Å². The zero-order valence-corrected chi connectivity index (χ0v) is 15.3. The molecule has 1 unspecified atom stereocenters. The second kappa shape index (κ2) is 6.49. The third-order valence-corrected chi connectivity index (χ3v) is 4.76. The van der Waals surface area contributed by atoms with Crippen LogP contribution in [-0.2, 0) is 6.42 Å². The molecule has 6 nitrogen and oxygen atoms in total. The molecule has 0 aliphatic heterocycles. The van der Waals surface area contributed by atoms with Gasteiger partial charge in [0.25, 0.3) is 5.78 Å². The molecule has 0 spiro atoms. The number of nitrogens with zero attached hydrogens (tertiary/aromatic N) is 4. The Morgan fingerprint density at radius 2 is 1.92 bits per heavy atom. The topological polar surface area (TPSA) is 76.5 Å². The van der Waals surface area contributed by atoms with Gasteiger partial charge in [-0.15, -0.1) is 5.10 Å². The van der Waals surface area contributed by atoms with Crippen molar-refractivity contribution in [2.24, 2.45) is 0 Å². The maximum atomic E-state index is 10.4. The molecule has 4 rings (SSSR count). The zero-order valence-electron chi connectivity index (χ0n) is 14.4. The van der Waals surface area contributed by atoms with Gasteiger partial charge in [-0.05, 0) is 25.5 Å². The van der Waals surface area contributed by atoms with E-state index in [1.54, 1.807) is 6.07 Å². The molecule has 1 aromatic carbocycles. The van der Waals surface area contributed by atoms with Crippen LogP contribution in [0, 0.1) is 13.8 Å². The Morgan fingerprint density at radius 3 is 2.62 bits per heavy atom. The summed E-state index contributed by atoms with van der Waals surface area (Å²) >= 11 is 4.66. The van der Waals surface area contributed by atoms with Crippen LogP contribution >= 0.6 is 12.6 Å². The first kappa shape index (κ1) is 16.7. The highest BCUT2D eigenvalue weighted by Crippen LogP contribution is 2.32. The summed E-state index contributed by atoms with van der Waals surface area (Å²) in [6.45, 7) is 3.78. The van der Waals surface area contributed by atoms with E-state index in [1.807, 2.05) is 50.2 Å². The second-order valence-electron chi connectivity index (χ2n) is 6.21. The highest BCUT2D eigenvalue weighted by atomic mass is 32.1. The largest absolute Gasteiger partial charge is 0.493 e. The molecule has 0 aliphatic carbocycles. The van der Waals surface area contributed by atoms with Crippen molar-refractivity contribution in [1.82, 2.24) is 19.6 Å². The van der Waals surface area contributed by atoms with Gasteiger partial charge >= 0.3 is 0 Å². The van der Waals surface area contributed by atoms with E-state index >= 15 is 0 Å². The lowest BCUT2D eigenvalue weighted by molar-refractivity contribution is 0.433. The van der Waals surface area contributed by atoms with Crippen molar-refractivity contribution in [3.63, 3.8) is 0 Å². The molecule has 0 saturated carbocycles. The fourth-order valence-electron chi connectivity index (χ4n) is 2.99. The minimum absolute atomic E-state index is 0.0197. The summed E-state index contributed by atoms with van der Waals surface area (Å²) in [7, 11) is 0. The number of hydrogen-bond donors (Lipinski definition) is 2. The SMILES string of the molecule is Cc1cc(C(S)c2cc(O)n3nc(Cc4ccccc4)nc3n2)c(C)o1. The Balaban J connectivity index is 1.71. The molecule has 3 heterocycles. The third-order valence-electron chi connectivity index (χ3n) is 4.22. The molecule has 7 heteroatoms. The van der Waals surface area contributed by atoms with Crippen LogP contribution in [0.5, 0.6) is 5.88 Å². The molecule has 0 bridgehead atoms. The molecule has 0 aliphatic rings. The average molecular weight is 366 g/mol. The molecular formula is C19H18N4O2S. The summed E-state index contributed by atoms with van der Waals surface area (Å²) in [5.74, 6) is 2.53. The molecule has 0 fully saturated rings. The van der Waals surface area contributed by atoms with Crippen LogP contribution in [0.4, 0.5) is 0 Å². The number of benzene rings is 1. The van der Waals surface area contributed by atoms with Gasteiger partial charge in [-0.1, -0.05) is 30.3 Å². The molecule has 1 atom stereocenters. The van der Waals surface area contributed by atoms with Crippen LogP contribution in [0.3, 0.4) is 0 Å². The first-order valence-electron chi connectivity index (χ1n) is 8.26. The number of aromatic hydroxyl groups is 1. The Kier molecular flexibility index (Phi) is 4.16. The van der Waals surface area contributed by atoms with Crippen molar-refractivity contribution in [3.8, 4) is 5.88 Å². The first-order valence-corrected chi connectivity index (χ1v) is 8.77. The summed E-state index contributed by atoms with van der Waals surface area (Å²) < 4.78 is 6.92. The summed E-state index contributed by atoms with van der Waals surface area (Å²) in [6.07, 6.45) is 0.573. The van der Waals surface area contributed by atoms with Gasteiger partial charge in [-0.2, -0.15) is 22.1 Å². The predicted molar refractivity (Wildman–Crippen MR) is 101 cm³/mol. The van der Waals surface area contributed by atoms with E-state index in [9.17, 15) is 5.11 Å². The fourth-order valence-corrected chi connectivity index (χ4v) is 3.38. The van der Waals surface area contributed by atoms with Gasteiger partial charge in [0.05, 0.1) is 10.9 Å². The number of fused-ring (bicyclic) bond motifs is 1. The number of hydrogen-bond acceptors (Lipinski definition) is 6. The van der Waals surface area contributed by atoms with Gasteiger partial charge in [0.1, 0.15) is 11.5 Å². The van der Waals surface area contributed by atoms with Crippen LogP contribution in [0.1, 0.15) is 39.4 Å². The average Bonchev–Trinajstić information content (AvgIpc) is 3.17. The highest BCUT2D eigenvalue weighted by molar-refractivity contribution is 7.80. The van der Waals surface area contributed by atoms with Crippen LogP contribution in [0.15, 0.2) is 46.9 Å². The number of rotatable bonds is 4. The van der Waals surface area contributed by atoms with E-state index in [0.29, 0.717) is 23.7 Å². The van der Waals surface area contributed by atoms with Crippen molar-refractivity contribution < 1.29 is 9.52 Å².